The van der Waals surface area contributed by atoms with Gasteiger partial charge in [-0.1, -0.05) is 29.4 Å². The van der Waals surface area contributed by atoms with Crippen LogP contribution in [0.5, 0.6) is 5.75 Å². The monoisotopic (exact) mass is 509 g/mol. The van der Waals surface area contributed by atoms with Crippen molar-refractivity contribution in [1.82, 2.24) is 9.21 Å². The molecule has 0 aromatic heterocycles. The van der Waals surface area contributed by atoms with E-state index >= 15 is 0 Å². The van der Waals surface area contributed by atoms with Gasteiger partial charge in [-0.2, -0.15) is 4.31 Å². The van der Waals surface area contributed by atoms with E-state index in [1.165, 1.54) is 41.4 Å². The molecule has 33 heavy (non-hydrogen) atoms. The average molecular weight is 510 g/mol. The number of ether oxygens (including phenoxy) is 2. The van der Waals surface area contributed by atoms with E-state index in [4.69, 9.17) is 21.1 Å². The zero-order valence-corrected chi connectivity index (χ0v) is 20.7. The second kappa shape index (κ2) is 10.0. The zero-order valence-electron chi connectivity index (χ0n) is 18.3. The third-order valence-corrected chi connectivity index (χ3v) is 8.75. The number of morpholine rings is 1. The summed E-state index contributed by atoms with van der Waals surface area (Å²) in [6.45, 7) is 3.55. The third-order valence-electron chi connectivity index (χ3n) is 5.49. The molecule has 1 amide bonds. The molecule has 0 atom stereocenters. The molecule has 2 aliphatic heterocycles. The lowest BCUT2D eigenvalue weighted by atomic mass is 10.1. The van der Waals surface area contributed by atoms with Gasteiger partial charge in [0.15, 0.2) is 5.17 Å². The topological polar surface area (TPSA) is 88.5 Å². The van der Waals surface area contributed by atoms with Crippen molar-refractivity contribution in [2.45, 2.75) is 11.8 Å². The molecule has 0 bridgehead atoms. The van der Waals surface area contributed by atoms with Gasteiger partial charge >= 0.3 is 0 Å². The molecular formula is C22H24ClN3O5S2. The first-order valence-corrected chi connectivity index (χ1v) is 13.2. The highest BCUT2D eigenvalue weighted by Crippen LogP contribution is 2.32. The lowest BCUT2D eigenvalue weighted by Gasteiger charge is -2.26. The summed E-state index contributed by atoms with van der Waals surface area (Å²) in [5.41, 5.74) is 1.67. The van der Waals surface area contributed by atoms with Crippen LogP contribution in [0.25, 0.3) is 0 Å². The van der Waals surface area contributed by atoms with Crippen molar-refractivity contribution in [2.24, 2.45) is 4.99 Å². The number of hydrogen-bond acceptors (Lipinski definition) is 7. The SMILES string of the molecule is COc1ccc(S(=O)(=O)N2CCOCC2)cc1C(=O)N1CCSC1=Nc1cccc(Cl)c1C. The number of rotatable bonds is 5. The molecule has 2 aromatic carbocycles. The molecule has 0 radical (unpaired) electrons. The van der Waals surface area contributed by atoms with Crippen molar-refractivity contribution >= 4 is 50.1 Å². The number of halogens is 1. The predicted molar refractivity (Wildman–Crippen MR) is 129 cm³/mol. The second-order valence-electron chi connectivity index (χ2n) is 7.46. The molecule has 2 saturated heterocycles. The number of aliphatic imine (C=N–C) groups is 1. The van der Waals surface area contributed by atoms with E-state index in [9.17, 15) is 13.2 Å². The van der Waals surface area contributed by atoms with Crippen LogP contribution in [-0.2, 0) is 14.8 Å². The van der Waals surface area contributed by atoms with E-state index in [2.05, 4.69) is 4.99 Å². The molecule has 2 fully saturated rings. The molecule has 2 aromatic rings. The summed E-state index contributed by atoms with van der Waals surface area (Å²) < 4.78 is 38.3. The Kier molecular flexibility index (Phi) is 7.30. The van der Waals surface area contributed by atoms with Gasteiger partial charge < -0.3 is 9.47 Å². The van der Waals surface area contributed by atoms with E-state index in [1.54, 1.807) is 11.0 Å². The normalized spacial score (nSPS) is 18.6. The van der Waals surface area contributed by atoms with Gasteiger partial charge in [-0.05, 0) is 42.8 Å². The number of hydrogen-bond donors (Lipinski definition) is 0. The molecule has 176 valence electrons. The van der Waals surface area contributed by atoms with Crippen LogP contribution in [0.4, 0.5) is 5.69 Å². The highest BCUT2D eigenvalue weighted by Gasteiger charge is 2.32. The van der Waals surface area contributed by atoms with Crippen LogP contribution in [-0.4, -0.2) is 74.4 Å². The fourth-order valence-corrected chi connectivity index (χ4v) is 6.15. The Labute approximate surface area is 202 Å². The number of carbonyl (C=O) groups excluding carboxylic acids is 1. The molecule has 0 aliphatic carbocycles. The Bertz CT molecular complexity index is 1200. The Morgan fingerprint density at radius 2 is 1.94 bits per heavy atom. The fourth-order valence-electron chi connectivity index (χ4n) is 3.60. The number of amides is 1. The number of carbonyl (C=O) groups is 1. The largest absolute Gasteiger partial charge is 0.496 e. The van der Waals surface area contributed by atoms with Crippen LogP contribution in [0.3, 0.4) is 0 Å². The maximum Gasteiger partial charge on any atom is 0.263 e. The van der Waals surface area contributed by atoms with Crippen molar-refractivity contribution in [3.05, 3.63) is 52.5 Å². The van der Waals surface area contributed by atoms with Crippen molar-refractivity contribution in [1.29, 1.82) is 0 Å². The van der Waals surface area contributed by atoms with Crippen LogP contribution in [0.15, 0.2) is 46.3 Å². The maximum absolute atomic E-state index is 13.5. The van der Waals surface area contributed by atoms with Gasteiger partial charge in [-0.3, -0.25) is 9.69 Å². The first kappa shape index (κ1) is 24.0. The van der Waals surface area contributed by atoms with Crippen LogP contribution >= 0.6 is 23.4 Å². The van der Waals surface area contributed by atoms with Crippen molar-refractivity contribution in [3.8, 4) is 5.75 Å². The highest BCUT2D eigenvalue weighted by molar-refractivity contribution is 8.14. The quantitative estimate of drug-likeness (QED) is 0.612. The smallest absolute Gasteiger partial charge is 0.263 e. The molecular weight excluding hydrogens is 486 g/mol. The molecule has 0 saturated carbocycles. The molecule has 0 N–H and O–H groups in total. The Morgan fingerprint density at radius 1 is 1.18 bits per heavy atom. The van der Waals surface area contributed by atoms with Crippen LogP contribution in [0.1, 0.15) is 15.9 Å². The number of methoxy groups -OCH3 is 1. The first-order chi connectivity index (χ1) is 15.8. The first-order valence-electron chi connectivity index (χ1n) is 10.4. The lowest BCUT2D eigenvalue weighted by Crippen LogP contribution is -2.40. The van der Waals surface area contributed by atoms with Crippen molar-refractivity contribution in [2.75, 3.05) is 45.7 Å². The van der Waals surface area contributed by atoms with Crippen molar-refractivity contribution < 1.29 is 22.7 Å². The van der Waals surface area contributed by atoms with Gasteiger partial charge in [0.05, 0.1) is 36.5 Å². The summed E-state index contributed by atoms with van der Waals surface area (Å²) in [7, 11) is -2.31. The minimum absolute atomic E-state index is 0.0459. The molecule has 4 rings (SSSR count). The summed E-state index contributed by atoms with van der Waals surface area (Å²) in [6.07, 6.45) is 0. The predicted octanol–water partition coefficient (Wildman–Crippen LogP) is 3.55. The van der Waals surface area contributed by atoms with Crippen LogP contribution < -0.4 is 4.74 Å². The molecule has 11 heteroatoms. The standard InChI is InChI=1S/C22H24ClN3O5S2/c1-15-18(23)4-3-5-19(15)24-22-26(10-13-32-22)21(27)17-14-16(6-7-20(17)30-2)33(28,29)25-8-11-31-12-9-25/h3-7,14H,8-13H2,1-2H3. The highest BCUT2D eigenvalue weighted by atomic mass is 35.5. The van der Waals surface area contributed by atoms with E-state index in [0.29, 0.717) is 47.1 Å². The number of amidine groups is 1. The number of sulfonamides is 1. The molecule has 2 aliphatic rings. The van der Waals surface area contributed by atoms with E-state index < -0.39 is 10.0 Å². The van der Waals surface area contributed by atoms with Gasteiger partial charge in [0.1, 0.15) is 5.75 Å². The molecule has 8 nitrogen and oxygen atoms in total. The summed E-state index contributed by atoms with van der Waals surface area (Å²) >= 11 is 7.68. The fraction of sp³-hybridized carbons (Fsp3) is 0.364. The summed E-state index contributed by atoms with van der Waals surface area (Å²) in [6, 6.07) is 9.80. The number of benzene rings is 2. The van der Waals surface area contributed by atoms with Gasteiger partial charge in [0.2, 0.25) is 10.0 Å². The van der Waals surface area contributed by atoms with Gasteiger partial charge in [0, 0.05) is 30.4 Å². The lowest BCUT2D eigenvalue weighted by molar-refractivity contribution is 0.0730. The van der Waals surface area contributed by atoms with E-state index in [-0.39, 0.29) is 29.5 Å². The Hall–Kier alpha value is -2.11. The Balaban J connectivity index is 1.69. The minimum Gasteiger partial charge on any atom is -0.496 e. The molecule has 0 spiro atoms. The van der Waals surface area contributed by atoms with Crippen molar-refractivity contribution in [3.63, 3.8) is 0 Å². The van der Waals surface area contributed by atoms with E-state index in [1.807, 2.05) is 19.1 Å². The van der Waals surface area contributed by atoms with Gasteiger partial charge in [-0.25, -0.2) is 13.4 Å². The minimum atomic E-state index is -3.76. The van der Waals surface area contributed by atoms with Crippen LogP contribution in [0, 0.1) is 6.92 Å². The Morgan fingerprint density at radius 3 is 2.67 bits per heavy atom. The molecule has 2 heterocycles. The zero-order chi connectivity index (χ0) is 23.6. The molecule has 0 unspecified atom stereocenters. The van der Waals surface area contributed by atoms with Crippen LogP contribution in [0.2, 0.25) is 5.02 Å². The second-order valence-corrected chi connectivity index (χ2v) is 10.9. The number of thioether (sulfide) groups is 1. The average Bonchev–Trinajstić information content (AvgIpc) is 3.30. The van der Waals surface area contributed by atoms with Gasteiger partial charge in [-0.15, -0.1) is 0 Å². The summed E-state index contributed by atoms with van der Waals surface area (Å²) in [5.74, 6) is 0.614. The number of nitrogens with zero attached hydrogens (tertiary/aromatic N) is 3. The summed E-state index contributed by atoms with van der Waals surface area (Å²) in [4.78, 5) is 19.8. The summed E-state index contributed by atoms with van der Waals surface area (Å²) in [5, 5.41) is 1.13. The maximum atomic E-state index is 13.5. The van der Waals surface area contributed by atoms with Gasteiger partial charge in [0.25, 0.3) is 5.91 Å². The van der Waals surface area contributed by atoms with E-state index in [0.717, 1.165) is 5.56 Å². The third kappa shape index (κ3) is 4.90.